The Morgan fingerprint density at radius 2 is 2.14 bits per heavy atom. The number of hydrogen-bond acceptors (Lipinski definition) is 2. The number of halogens is 4. The quantitative estimate of drug-likeness (QED) is 0.652. The molecule has 6 heteroatoms. The minimum Gasteiger partial charge on any atom is -0.392 e. The summed E-state index contributed by atoms with van der Waals surface area (Å²) in [7, 11) is 0. The van der Waals surface area contributed by atoms with Crippen molar-refractivity contribution in [2.75, 3.05) is 0 Å². The second-order valence-electron chi connectivity index (χ2n) is 2.56. The molecule has 0 aliphatic rings. The van der Waals surface area contributed by atoms with E-state index in [0.29, 0.717) is 0 Å². The minimum atomic E-state index is -2.69. The lowest BCUT2D eigenvalue weighted by molar-refractivity contribution is 0.147. The van der Waals surface area contributed by atoms with Gasteiger partial charge in [-0.3, -0.25) is 0 Å². The van der Waals surface area contributed by atoms with Crippen LogP contribution in [0.4, 0.5) is 8.78 Å². The Morgan fingerprint density at radius 3 is 2.57 bits per heavy atom. The van der Waals surface area contributed by atoms with Crippen molar-refractivity contribution in [2.45, 2.75) is 18.9 Å². The first-order chi connectivity index (χ1) is 6.60. The molecule has 0 aromatic carbocycles. The summed E-state index contributed by atoms with van der Waals surface area (Å²) in [5.74, 6) is 0.00511. The first-order valence-electron chi connectivity index (χ1n) is 3.73. The van der Waals surface area contributed by atoms with Gasteiger partial charge in [-0.1, -0.05) is 11.6 Å². The molecule has 1 aromatic rings. The van der Waals surface area contributed by atoms with E-state index in [0.717, 1.165) is 6.07 Å². The fraction of sp³-hybridized carbons (Fsp3) is 0.375. The highest BCUT2D eigenvalue weighted by Gasteiger charge is 2.17. The predicted molar refractivity (Wildman–Crippen MR) is 49.7 cm³/mol. The first kappa shape index (κ1) is 11.6. The van der Waals surface area contributed by atoms with Crippen LogP contribution in [-0.2, 0) is 12.5 Å². The summed E-state index contributed by atoms with van der Waals surface area (Å²) in [5, 5.41) is 8.70. The summed E-state index contributed by atoms with van der Waals surface area (Å²) < 4.78 is 24.9. The number of nitrogens with zero attached hydrogens (tertiary/aromatic N) is 1. The Labute approximate surface area is 89.5 Å². The molecule has 0 fully saturated rings. The molecule has 0 aliphatic carbocycles. The molecule has 0 aliphatic heterocycles. The van der Waals surface area contributed by atoms with Crippen LogP contribution in [0.25, 0.3) is 0 Å². The van der Waals surface area contributed by atoms with Crippen LogP contribution in [0.15, 0.2) is 6.07 Å². The molecule has 0 bridgehead atoms. The molecule has 1 heterocycles. The van der Waals surface area contributed by atoms with Gasteiger partial charge in [0.15, 0.2) is 0 Å². The topological polar surface area (TPSA) is 33.1 Å². The highest BCUT2D eigenvalue weighted by molar-refractivity contribution is 6.30. The fourth-order valence-corrected chi connectivity index (χ4v) is 1.45. The van der Waals surface area contributed by atoms with Crippen LogP contribution in [0.2, 0.25) is 5.15 Å². The number of pyridine rings is 1. The van der Waals surface area contributed by atoms with Crippen LogP contribution in [0.1, 0.15) is 23.2 Å². The van der Waals surface area contributed by atoms with E-state index in [1.807, 2.05) is 0 Å². The van der Waals surface area contributed by atoms with Gasteiger partial charge < -0.3 is 5.11 Å². The monoisotopic (exact) mass is 241 g/mol. The van der Waals surface area contributed by atoms with Gasteiger partial charge in [0.1, 0.15) is 5.15 Å². The maximum Gasteiger partial charge on any atom is 0.264 e. The molecule has 14 heavy (non-hydrogen) atoms. The zero-order valence-corrected chi connectivity index (χ0v) is 8.49. The molecule has 0 spiro atoms. The van der Waals surface area contributed by atoms with Gasteiger partial charge in [0.25, 0.3) is 6.43 Å². The van der Waals surface area contributed by atoms with Crippen LogP contribution >= 0.6 is 23.2 Å². The van der Waals surface area contributed by atoms with E-state index in [4.69, 9.17) is 28.3 Å². The van der Waals surface area contributed by atoms with E-state index < -0.39 is 13.0 Å². The van der Waals surface area contributed by atoms with Crippen molar-refractivity contribution < 1.29 is 13.9 Å². The van der Waals surface area contributed by atoms with Crippen molar-refractivity contribution in [2.24, 2.45) is 0 Å². The van der Waals surface area contributed by atoms with E-state index in [9.17, 15) is 8.78 Å². The Bertz CT molecular complexity index is 333. The van der Waals surface area contributed by atoms with Gasteiger partial charge in [-0.15, -0.1) is 11.6 Å². The smallest absolute Gasteiger partial charge is 0.264 e. The van der Waals surface area contributed by atoms with Crippen LogP contribution in [0, 0.1) is 0 Å². The molecule has 0 saturated carbocycles. The van der Waals surface area contributed by atoms with Crippen LogP contribution in [0.3, 0.4) is 0 Å². The number of alkyl halides is 3. The number of aliphatic hydroxyl groups is 1. The normalized spacial score (nSPS) is 11.0. The van der Waals surface area contributed by atoms with Gasteiger partial charge in [0.05, 0.1) is 18.2 Å². The number of aliphatic hydroxyl groups excluding tert-OH is 1. The van der Waals surface area contributed by atoms with Crippen molar-refractivity contribution in [1.82, 2.24) is 4.98 Å². The van der Waals surface area contributed by atoms with Crippen LogP contribution in [-0.4, -0.2) is 10.1 Å². The van der Waals surface area contributed by atoms with Crippen molar-refractivity contribution in [1.29, 1.82) is 0 Å². The maximum atomic E-state index is 12.5. The third kappa shape index (κ3) is 2.32. The largest absolute Gasteiger partial charge is 0.392 e. The molecule has 1 N–H and O–H groups in total. The van der Waals surface area contributed by atoms with Gasteiger partial charge in [-0.25, -0.2) is 13.8 Å². The molecular weight excluding hydrogens is 235 g/mol. The molecular formula is C8H7Cl2F2NO. The predicted octanol–water partition coefficient (Wildman–Crippen LogP) is 2.90. The van der Waals surface area contributed by atoms with E-state index in [1.54, 1.807) is 0 Å². The Hall–Kier alpha value is -0.450. The highest BCUT2D eigenvalue weighted by Crippen LogP contribution is 2.28. The Morgan fingerprint density at radius 1 is 1.50 bits per heavy atom. The maximum absolute atomic E-state index is 12.5. The summed E-state index contributed by atoms with van der Waals surface area (Å²) in [6, 6.07) is 1.15. The van der Waals surface area contributed by atoms with Gasteiger partial charge >= 0.3 is 0 Å². The molecule has 0 saturated heterocycles. The molecule has 1 rings (SSSR count). The van der Waals surface area contributed by atoms with Gasteiger partial charge in [-0.2, -0.15) is 0 Å². The molecule has 0 amide bonds. The highest BCUT2D eigenvalue weighted by atomic mass is 35.5. The third-order valence-electron chi connectivity index (χ3n) is 1.69. The average molecular weight is 242 g/mol. The molecule has 0 unspecified atom stereocenters. The Kier molecular flexibility index (Phi) is 4.04. The van der Waals surface area contributed by atoms with Crippen molar-refractivity contribution >= 4 is 23.2 Å². The molecule has 0 radical (unpaired) electrons. The lowest BCUT2D eigenvalue weighted by Gasteiger charge is -2.09. The average Bonchev–Trinajstić information content (AvgIpc) is 2.16. The number of aromatic nitrogens is 1. The van der Waals surface area contributed by atoms with Gasteiger partial charge in [0.2, 0.25) is 0 Å². The van der Waals surface area contributed by atoms with Gasteiger partial charge in [-0.05, 0) is 6.07 Å². The number of hydrogen-bond donors (Lipinski definition) is 1. The minimum absolute atomic E-state index is 0.00511. The third-order valence-corrected chi connectivity index (χ3v) is 2.28. The van der Waals surface area contributed by atoms with Crippen LogP contribution < -0.4 is 0 Å². The zero-order valence-electron chi connectivity index (χ0n) is 6.98. The molecule has 78 valence electrons. The second kappa shape index (κ2) is 4.87. The van der Waals surface area contributed by atoms with Crippen molar-refractivity contribution in [3.05, 3.63) is 28.0 Å². The second-order valence-corrected chi connectivity index (χ2v) is 3.19. The van der Waals surface area contributed by atoms with E-state index >= 15 is 0 Å². The molecule has 1 aromatic heterocycles. The van der Waals surface area contributed by atoms with Crippen molar-refractivity contribution in [3.8, 4) is 0 Å². The Balaban J connectivity index is 3.28. The lowest BCUT2D eigenvalue weighted by Crippen LogP contribution is -2.00. The number of rotatable bonds is 3. The summed E-state index contributed by atoms with van der Waals surface area (Å²) >= 11 is 11.0. The van der Waals surface area contributed by atoms with Crippen molar-refractivity contribution in [3.63, 3.8) is 0 Å². The molecule has 2 nitrogen and oxygen atoms in total. The van der Waals surface area contributed by atoms with E-state index in [-0.39, 0.29) is 27.9 Å². The summed E-state index contributed by atoms with van der Waals surface area (Å²) in [5.41, 5.74) is -0.0946. The summed E-state index contributed by atoms with van der Waals surface area (Å²) in [6.07, 6.45) is -2.69. The van der Waals surface area contributed by atoms with Gasteiger partial charge in [0, 0.05) is 11.1 Å². The lowest BCUT2D eigenvalue weighted by atomic mass is 10.1. The summed E-state index contributed by atoms with van der Waals surface area (Å²) in [4.78, 5) is 3.75. The van der Waals surface area contributed by atoms with E-state index in [1.165, 1.54) is 0 Å². The molecule has 0 atom stereocenters. The SMILES string of the molecule is OCc1c(C(F)F)cc(CCl)nc1Cl. The fourth-order valence-electron chi connectivity index (χ4n) is 1.03. The standard InChI is InChI=1S/C8H7Cl2F2NO/c9-2-4-1-5(8(11)12)6(3-14)7(10)13-4/h1,8,14H,2-3H2. The van der Waals surface area contributed by atoms with E-state index in [2.05, 4.69) is 4.98 Å². The zero-order chi connectivity index (χ0) is 10.7. The summed E-state index contributed by atoms with van der Waals surface area (Å²) in [6.45, 7) is -0.561. The van der Waals surface area contributed by atoms with Crippen LogP contribution in [0.5, 0.6) is 0 Å². The first-order valence-corrected chi connectivity index (χ1v) is 4.64.